The predicted molar refractivity (Wildman–Crippen MR) is 91.8 cm³/mol. The van der Waals surface area contributed by atoms with E-state index < -0.39 is 0 Å². The van der Waals surface area contributed by atoms with Crippen molar-refractivity contribution in [1.82, 2.24) is 9.80 Å². The standard InChI is InChI=1S/C18H18N2O3S/c1-2-19(12-13-6-5-11-24-13)16(21)9-10-20-17(22)14-7-3-4-8-15(14)18(20)23/h3-8,11H,2,9-10,12H2,1H3. The number of amides is 3. The topological polar surface area (TPSA) is 57.7 Å². The molecule has 124 valence electrons. The van der Waals surface area contributed by atoms with Crippen LogP contribution >= 0.6 is 11.3 Å². The minimum Gasteiger partial charge on any atom is -0.338 e. The average Bonchev–Trinajstić information content (AvgIpc) is 3.19. The number of hydrogen-bond acceptors (Lipinski definition) is 4. The summed E-state index contributed by atoms with van der Waals surface area (Å²) >= 11 is 1.61. The molecule has 0 spiro atoms. The number of carbonyl (C=O) groups excluding carboxylic acids is 3. The Kier molecular flexibility index (Phi) is 4.76. The summed E-state index contributed by atoms with van der Waals surface area (Å²) in [6, 6.07) is 10.7. The van der Waals surface area contributed by atoms with Crippen LogP contribution in [0.4, 0.5) is 0 Å². The van der Waals surface area contributed by atoms with Crippen LogP contribution in [0.3, 0.4) is 0 Å². The van der Waals surface area contributed by atoms with Crippen molar-refractivity contribution in [3.8, 4) is 0 Å². The van der Waals surface area contributed by atoms with Crippen molar-refractivity contribution < 1.29 is 14.4 Å². The van der Waals surface area contributed by atoms with Crippen LogP contribution in [0.15, 0.2) is 41.8 Å². The maximum absolute atomic E-state index is 12.4. The molecule has 1 aliphatic rings. The summed E-state index contributed by atoms with van der Waals surface area (Å²) < 4.78 is 0. The van der Waals surface area contributed by atoms with Crippen LogP contribution < -0.4 is 0 Å². The first-order valence-electron chi connectivity index (χ1n) is 7.87. The number of imide groups is 1. The second-order valence-corrected chi connectivity index (χ2v) is 6.58. The molecular formula is C18H18N2O3S. The molecule has 0 radical (unpaired) electrons. The molecule has 1 aromatic carbocycles. The molecule has 24 heavy (non-hydrogen) atoms. The summed E-state index contributed by atoms with van der Waals surface area (Å²) in [5, 5.41) is 1.98. The van der Waals surface area contributed by atoms with Gasteiger partial charge >= 0.3 is 0 Å². The molecule has 0 unspecified atom stereocenters. The summed E-state index contributed by atoms with van der Waals surface area (Å²) in [6.45, 7) is 3.20. The van der Waals surface area contributed by atoms with Gasteiger partial charge in [-0.05, 0) is 30.5 Å². The van der Waals surface area contributed by atoms with E-state index in [-0.39, 0.29) is 30.7 Å². The Morgan fingerprint density at radius 1 is 1.08 bits per heavy atom. The molecule has 3 rings (SSSR count). The van der Waals surface area contributed by atoms with Crippen molar-refractivity contribution in [2.45, 2.75) is 19.9 Å². The van der Waals surface area contributed by atoms with Crippen molar-refractivity contribution in [2.24, 2.45) is 0 Å². The van der Waals surface area contributed by atoms with Crippen molar-refractivity contribution in [1.29, 1.82) is 0 Å². The van der Waals surface area contributed by atoms with E-state index in [1.807, 2.05) is 24.4 Å². The van der Waals surface area contributed by atoms with Gasteiger partial charge in [0, 0.05) is 24.4 Å². The number of thiophene rings is 1. The Balaban J connectivity index is 1.62. The van der Waals surface area contributed by atoms with Gasteiger partial charge in [-0.15, -0.1) is 11.3 Å². The van der Waals surface area contributed by atoms with Crippen LogP contribution in [-0.4, -0.2) is 40.6 Å². The van der Waals surface area contributed by atoms with Gasteiger partial charge < -0.3 is 4.90 Å². The van der Waals surface area contributed by atoms with Gasteiger partial charge in [-0.25, -0.2) is 0 Å². The molecule has 1 aliphatic heterocycles. The van der Waals surface area contributed by atoms with E-state index in [1.54, 1.807) is 40.5 Å². The van der Waals surface area contributed by atoms with Crippen molar-refractivity contribution in [2.75, 3.05) is 13.1 Å². The monoisotopic (exact) mass is 342 g/mol. The van der Waals surface area contributed by atoms with Gasteiger partial charge in [-0.1, -0.05) is 18.2 Å². The summed E-state index contributed by atoms with van der Waals surface area (Å²) in [5.41, 5.74) is 0.835. The summed E-state index contributed by atoms with van der Waals surface area (Å²) in [4.78, 5) is 41.0. The van der Waals surface area contributed by atoms with Gasteiger partial charge in [0.1, 0.15) is 0 Å². The highest BCUT2D eigenvalue weighted by atomic mass is 32.1. The number of rotatable bonds is 6. The van der Waals surface area contributed by atoms with Crippen LogP contribution in [-0.2, 0) is 11.3 Å². The molecule has 1 aromatic heterocycles. The zero-order chi connectivity index (χ0) is 17.1. The Morgan fingerprint density at radius 2 is 1.75 bits per heavy atom. The second-order valence-electron chi connectivity index (χ2n) is 5.54. The third kappa shape index (κ3) is 3.10. The molecule has 0 N–H and O–H groups in total. The fourth-order valence-electron chi connectivity index (χ4n) is 2.77. The minimum absolute atomic E-state index is 0.0533. The quantitative estimate of drug-likeness (QED) is 0.759. The van der Waals surface area contributed by atoms with E-state index in [0.717, 1.165) is 4.88 Å². The van der Waals surface area contributed by atoms with Crippen molar-refractivity contribution in [3.63, 3.8) is 0 Å². The first-order valence-corrected chi connectivity index (χ1v) is 8.75. The lowest BCUT2D eigenvalue weighted by atomic mass is 10.1. The number of carbonyl (C=O) groups is 3. The zero-order valence-corrected chi connectivity index (χ0v) is 14.2. The summed E-state index contributed by atoms with van der Waals surface area (Å²) in [7, 11) is 0. The molecule has 0 fully saturated rings. The van der Waals surface area contributed by atoms with E-state index in [9.17, 15) is 14.4 Å². The molecular weight excluding hydrogens is 324 g/mol. The summed E-state index contributed by atoms with van der Waals surface area (Å²) in [5.74, 6) is -0.683. The number of hydrogen-bond donors (Lipinski definition) is 0. The molecule has 2 heterocycles. The van der Waals surface area contributed by atoms with Gasteiger partial charge in [-0.3, -0.25) is 19.3 Å². The molecule has 0 saturated carbocycles. The highest BCUT2D eigenvalue weighted by molar-refractivity contribution is 7.09. The molecule has 5 nitrogen and oxygen atoms in total. The normalized spacial score (nSPS) is 13.3. The van der Waals surface area contributed by atoms with E-state index in [4.69, 9.17) is 0 Å². The lowest BCUT2D eigenvalue weighted by Gasteiger charge is -2.21. The Bertz CT molecular complexity index is 735. The van der Waals surface area contributed by atoms with E-state index in [0.29, 0.717) is 24.2 Å². The van der Waals surface area contributed by atoms with E-state index in [2.05, 4.69) is 0 Å². The number of nitrogens with zero attached hydrogens (tertiary/aromatic N) is 2. The van der Waals surface area contributed by atoms with Gasteiger partial charge in [0.15, 0.2) is 0 Å². The Morgan fingerprint density at radius 3 is 2.29 bits per heavy atom. The fraction of sp³-hybridized carbons (Fsp3) is 0.278. The first kappa shape index (κ1) is 16.4. The molecule has 3 amide bonds. The molecule has 0 aliphatic carbocycles. The maximum Gasteiger partial charge on any atom is 0.261 e. The third-order valence-electron chi connectivity index (χ3n) is 4.09. The largest absolute Gasteiger partial charge is 0.338 e. The van der Waals surface area contributed by atoms with E-state index >= 15 is 0 Å². The minimum atomic E-state index is -0.315. The Labute approximate surface area is 144 Å². The van der Waals surface area contributed by atoms with Gasteiger partial charge in [0.25, 0.3) is 11.8 Å². The number of benzene rings is 1. The molecule has 0 saturated heterocycles. The molecule has 2 aromatic rings. The van der Waals surface area contributed by atoms with Crippen LogP contribution in [0.25, 0.3) is 0 Å². The second kappa shape index (κ2) is 6.97. The van der Waals surface area contributed by atoms with Crippen LogP contribution in [0.5, 0.6) is 0 Å². The van der Waals surface area contributed by atoms with Crippen molar-refractivity contribution >= 4 is 29.1 Å². The highest BCUT2D eigenvalue weighted by Gasteiger charge is 2.35. The SMILES string of the molecule is CCN(Cc1cccs1)C(=O)CCN1C(=O)c2ccccc2C1=O. The predicted octanol–water partition coefficient (Wildman–Crippen LogP) is 2.78. The van der Waals surface area contributed by atoms with Gasteiger partial charge in [0.05, 0.1) is 17.7 Å². The van der Waals surface area contributed by atoms with Crippen LogP contribution in [0.1, 0.15) is 38.9 Å². The van der Waals surface area contributed by atoms with Crippen molar-refractivity contribution in [3.05, 3.63) is 57.8 Å². The molecule has 6 heteroatoms. The maximum atomic E-state index is 12.4. The number of fused-ring (bicyclic) bond motifs is 1. The lowest BCUT2D eigenvalue weighted by Crippen LogP contribution is -2.36. The summed E-state index contributed by atoms with van der Waals surface area (Å²) in [6.07, 6.45) is 0.144. The average molecular weight is 342 g/mol. The smallest absolute Gasteiger partial charge is 0.261 e. The third-order valence-corrected chi connectivity index (χ3v) is 4.95. The fourth-order valence-corrected chi connectivity index (χ4v) is 3.49. The van der Waals surface area contributed by atoms with Gasteiger partial charge in [-0.2, -0.15) is 0 Å². The highest BCUT2D eigenvalue weighted by Crippen LogP contribution is 2.22. The van der Waals surface area contributed by atoms with Gasteiger partial charge in [0.2, 0.25) is 5.91 Å². The van der Waals surface area contributed by atoms with Crippen LogP contribution in [0, 0.1) is 0 Å². The van der Waals surface area contributed by atoms with Crippen LogP contribution in [0.2, 0.25) is 0 Å². The van der Waals surface area contributed by atoms with E-state index in [1.165, 1.54) is 4.90 Å². The lowest BCUT2D eigenvalue weighted by molar-refractivity contribution is -0.131. The Hall–Kier alpha value is -2.47. The molecule has 0 bridgehead atoms. The first-order chi connectivity index (χ1) is 11.6. The molecule has 0 atom stereocenters. The zero-order valence-electron chi connectivity index (χ0n) is 13.4.